The van der Waals surface area contributed by atoms with Gasteiger partial charge in [0.15, 0.2) is 11.6 Å². The zero-order valence-corrected chi connectivity index (χ0v) is 11.0. The molecule has 106 valence electrons. The number of benzene rings is 1. The van der Waals surface area contributed by atoms with Crippen LogP contribution < -0.4 is 0 Å². The van der Waals surface area contributed by atoms with Crippen LogP contribution in [0.4, 0.5) is 8.78 Å². The molecule has 0 spiro atoms. The predicted molar refractivity (Wildman–Crippen MR) is 68.6 cm³/mol. The molecule has 3 nitrogen and oxygen atoms in total. The Kier molecular flexibility index (Phi) is 6.42. The molecule has 0 aromatic heterocycles. The quantitative estimate of drug-likeness (QED) is 0.825. The van der Waals surface area contributed by atoms with Crippen LogP contribution in [0.15, 0.2) is 18.2 Å². The smallest absolute Gasteiger partial charge is 0.222 e. The second-order valence-corrected chi connectivity index (χ2v) is 4.30. The molecule has 0 aliphatic rings. The zero-order chi connectivity index (χ0) is 14.3. The monoisotopic (exact) mass is 271 g/mol. The normalized spacial score (nSPS) is 10.5. The molecule has 0 radical (unpaired) electrons. The van der Waals surface area contributed by atoms with Gasteiger partial charge in [-0.1, -0.05) is 6.07 Å². The van der Waals surface area contributed by atoms with E-state index in [9.17, 15) is 13.6 Å². The minimum atomic E-state index is -0.862. The van der Waals surface area contributed by atoms with Crippen molar-refractivity contribution in [2.45, 2.75) is 26.2 Å². The van der Waals surface area contributed by atoms with E-state index >= 15 is 0 Å². The van der Waals surface area contributed by atoms with E-state index in [0.717, 1.165) is 12.1 Å². The summed E-state index contributed by atoms with van der Waals surface area (Å²) >= 11 is 0. The summed E-state index contributed by atoms with van der Waals surface area (Å²) in [6.45, 7) is 2.69. The van der Waals surface area contributed by atoms with Crippen LogP contribution in [0.3, 0.4) is 0 Å². The highest BCUT2D eigenvalue weighted by atomic mass is 19.2. The molecule has 19 heavy (non-hydrogen) atoms. The van der Waals surface area contributed by atoms with Crippen molar-refractivity contribution in [1.82, 2.24) is 4.90 Å². The number of likely N-dealkylation sites (N-methyl/N-ethyl adjacent to an activating group) is 1. The van der Waals surface area contributed by atoms with Crippen molar-refractivity contribution in [2.75, 3.05) is 19.7 Å². The second kappa shape index (κ2) is 7.84. The van der Waals surface area contributed by atoms with Crippen LogP contribution in [0.1, 0.15) is 25.3 Å². The summed E-state index contributed by atoms with van der Waals surface area (Å²) in [5.74, 6) is -1.75. The van der Waals surface area contributed by atoms with Crippen LogP contribution in [0.5, 0.6) is 0 Å². The largest absolute Gasteiger partial charge is 0.395 e. The first-order valence-electron chi connectivity index (χ1n) is 6.41. The molecule has 0 bridgehead atoms. The highest BCUT2D eigenvalue weighted by molar-refractivity contribution is 5.76. The third kappa shape index (κ3) is 4.95. The summed E-state index contributed by atoms with van der Waals surface area (Å²) < 4.78 is 25.7. The summed E-state index contributed by atoms with van der Waals surface area (Å²) in [6, 6.07) is 3.77. The molecule has 1 aromatic rings. The molecule has 0 aliphatic heterocycles. The molecule has 1 rings (SSSR count). The zero-order valence-electron chi connectivity index (χ0n) is 11.0. The van der Waals surface area contributed by atoms with Gasteiger partial charge in [-0.15, -0.1) is 0 Å². The Bertz CT molecular complexity index is 424. The lowest BCUT2D eigenvalue weighted by Crippen LogP contribution is -2.33. The molecule has 1 aromatic carbocycles. The Morgan fingerprint density at radius 1 is 1.32 bits per heavy atom. The van der Waals surface area contributed by atoms with Crippen molar-refractivity contribution < 1.29 is 18.7 Å². The van der Waals surface area contributed by atoms with Crippen LogP contribution in [0.2, 0.25) is 0 Å². The lowest BCUT2D eigenvalue weighted by molar-refractivity contribution is -0.131. The minimum absolute atomic E-state index is 0.0286. The fourth-order valence-electron chi connectivity index (χ4n) is 1.88. The lowest BCUT2D eigenvalue weighted by Gasteiger charge is -2.19. The molecule has 1 amide bonds. The highest BCUT2D eigenvalue weighted by Crippen LogP contribution is 2.11. The van der Waals surface area contributed by atoms with E-state index in [1.54, 1.807) is 4.90 Å². The molecular weight excluding hydrogens is 252 g/mol. The SMILES string of the molecule is CCN(CCO)C(=O)CCCc1ccc(F)c(F)c1. The molecule has 5 heteroatoms. The van der Waals surface area contributed by atoms with E-state index < -0.39 is 11.6 Å². The predicted octanol–water partition coefficient (Wildman–Crippen LogP) is 2.13. The maximum Gasteiger partial charge on any atom is 0.222 e. The second-order valence-electron chi connectivity index (χ2n) is 4.30. The average Bonchev–Trinajstić information content (AvgIpc) is 2.40. The Hall–Kier alpha value is -1.49. The standard InChI is InChI=1S/C14H19F2NO2/c1-2-17(8-9-18)14(19)5-3-4-11-6-7-12(15)13(16)10-11/h6-7,10,18H,2-5,8-9H2,1H3. The Morgan fingerprint density at radius 2 is 2.05 bits per heavy atom. The summed E-state index contributed by atoms with van der Waals surface area (Å²) in [5, 5.41) is 8.81. The van der Waals surface area contributed by atoms with E-state index in [1.165, 1.54) is 6.07 Å². The molecule has 0 fully saturated rings. The maximum atomic E-state index is 13.0. The van der Waals surface area contributed by atoms with Crippen molar-refractivity contribution in [3.05, 3.63) is 35.4 Å². The number of nitrogens with zero attached hydrogens (tertiary/aromatic N) is 1. The number of carbonyl (C=O) groups excluding carboxylic acids is 1. The minimum Gasteiger partial charge on any atom is -0.395 e. The first-order chi connectivity index (χ1) is 9.08. The van der Waals surface area contributed by atoms with Crippen LogP contribution >= 0.6 is 0 Å². The number of aryl methyl sites for hydroxylation is 1. The van der Waals surface area contributed by atoms with Gasteiger partial charge in [0.1, 0.15) is 0 Å². The first-order valence-corrected chi connectivity index (χ1v) is 6.41. The van der Waals surface area contributed by atoms with Crippen molar-refractivity contribution in [3.63, 3.8) is 0 Å². The molecule has 1 N–H and O–H groups in total. The Morgan fingerprint density at radius 3 is 2.63 bits per heavy atom. The van der Waals surface area contributed by atoms with Gasteiger partial charge < -0.3 is 10.0 Å². The number of carbonyl (C=O) groups is 1. The lowest BCUT2D eigenvalue weighted by atomic mass is 10.1. The van der Waals surface area contributed by atoms with E-state index in [-0.39, 0.29) is 12.5 Å². The molecule has 0 heterocycles. The van der Waals surface area contributed by atoms with Gasteiger partial charge in [0, 0.05) is 19.5 Å². The number of hydrogen-bond acceptors (Lipinski definition) is 2. The van der Waals surface area contributed by atoms with Crippen LogP contribution in [-0.2, 0) is 11.2 Å². The van der Waals surface area contributed by atoms with Gasteiger partial charge in [-0.3, -0.25) is 4.79 Å². The topological polar surface area (TPSA) is 40.5 Å². The molecule has 0 unspecified atom stereocenters. The van der Waals surface area contributed by atoms with Gasteiger partial charge >= 0.3 is 0 Å². The molecule has 0 saturated carbocycles. The first kappa shape index (κ1) is 15.6. The number of amides is 1. The number of hydrogen-bond donors (Lipinski definition) is 1. The van der Waals surface area contributed by atoms with Gasteiger partial charge in [0.2, 0.25) is 5.91 Å². The number of aliphatic hydroxyl groups is 1. The fourth-order valence-corrected chi connectivity index (χ4v) is 1.88. The third-order valence-electron chi connectivity index (χ3n) is 2.94. The van der Waals surface area contributed by atoms with Gasteiger partial charge in [-0.05, 0) is 37.5 Å². The summed E-state index contributed by atoms with van der Waals surface area (Å²) in [6.07, 6.45) is 1.44. The van der Waals surface area contributed by atoms with Gasteiger partial charge in [-0.25, -0.2) is 8.78 Å². The summed E-state index contributed by atoms with van der Waals surface area (Å²) in [5.41, 5.74) is 0.678. The van der Waals surface area contributed by atoms with Crippen molar-refractivity contribution in [1.29, 1.82) is 0 Å². The molecule has 0 saturated heterocycles. The van der Waals surface area contributed by atoms with Gasteiger partial charge in [0.25, 0.3) is 0 Å². The third-order valence-corrected chi connectivity index (χ3v) is 2.94. The van der Waals surface area contributed by atoms with Crippen molar-refractivity contribution >= 4 is 5.91 Å². The number of halogens is 2. The summed E-state index contributed by atoms with van der Waals surface area (Å²) in [7, 11) is 0. The van der Waals surface area contributed by atoms with Gasteiger partial charge in [0.05, 0.1) is 6.61 Å². The molecule has 0 atom stereocenters. The maximum absolute atomic E-state index is 13.0. The average molecular weight is 271 g/mol. The van der Waals surface area contributed by atoms with Crippen molar-refractivity contribution in [2.24, 2.45) is 0 Å². The van der Waals surface area contributed by atoms with E-state index in [2.05, 4.69) is 0 Å². The molecule has 0 aliphatic carbocycles. The summed E-state index contributed by atoms with van der Waals surface area (Å²) in [4.78, 5) is 13.3. The molecular formula is C14H19F2NO2. The van der Waals surface area contributed by atoms with Crippen molar-refractivity contribution in [3.8, 4) is 0 Å². The van der Waals surface area contributed by atoms with Crippen LogP contribution in [0, 0.1) is 11.6 Å². The fraction of sp³-hybridized carbons (Fsp3) is 0.500. The number of rotatable bonds is 7. The van der Waals surface area contributed by atoms with Gasteiger partial charge in [-0.2, -0.15) is 0 Å². The van der Waals surface area contributed by atoms with Crippen LogP contribution in [-0.4, -0.2) is 35.6 Å². The number of aliphatic hydroxyl groups excluding tert-OH is 1. The Balaban J connectivity index is 2.40. The van der Waals surface area contributed by atoms with E-state index in [1.807, 2.05) is 6.92 Å². The van der Waals surface area contributed by atoms with Crippen LogP contribution in [0.25, 0.3) is 0 Å². The van der Waals surface area contributed by atoms with E-state index in [4.69, 9.17) is 5.11 Å². The Labute approximate surface area is 111 Å². The highest BCUT2D eigenvalue weighted by Gasteiger charge is 2.10. The van der Waals surface area contributed by atoms with E-state index in [0.29, 0.717) is 37.9 Å².